The summed E-state index contributed by atoms with van der Waals surface area (Å²) in [5.74, 6) is 1.68. The van der Waals surface area contributed by atoms with Crippen LogP contribution in [0.3, 0.4) is 0 Å². The molecule has 1 aliphatic rings. The second-order valence-electron chi connectivity index (χ2n) is 3.49. The molecule has 4 heteroatoms. The molecule has 1 atom stereocenters. The molecule has 1 unspecified atom stereocenters. The van der Waals surface area contributed by atoms with Crippen LogP contribution in [-0.4, -0.2) is 23.1 Å². The van der Waals surface area contributed by atoms with E-state index in [9.17, 15) is 0 Å². The van der Waals surface area contributed by atoms with Crippen molar-refractivity contribution in [1.29, 1.82) is 0 Å². The zero-order valence-corrected chi connectivity index (χ0v) is 8.51. The predicted octanol–water partition coefficient (Wildman–Crippen LogP) is 1.63. The van der Waals surface area contributed by atoms with Crippen molar-refractivity contribution in [2.24, 2.45) is 0 Å². The summed E-state index contributed by atoms with van der Waals surface area (Å²) < 4.78 is 2.12. The third-order valence-corrected chi connectivity index (χ3v) is 2.89. The lowest BCUT2D eigenvalue weighted by molar-refractivity contribution is 0.432. The Hall–Kier alpha value is -0.540. The predicted molar refractivity (Wildman–Crippen MR) is 53.1 cm³/mol. The largest absolute Gasteiger partial charge is 0.319 e. The van der Waals surface area contributed by atoms with Gasteiger partial charge in [-0.05, 0) is 19.9 Å². The van der Waals surface area contributed by atoms with Crippen molar-refractivity contribution in [1.82, 2.24) is 14.9 Å². The van der Waals surface area contributed by atoms with Gasteiger partial charge < -0.3 is 9.88 Å². The number of hydrogen-bond donors (Lipinski definition) is 1. The second-order valence-corrected chi connectivity index (χ2v) is 3.87. The highest BCUT2D eigenvalue weighted by atomic mass is 35.5. The van der Waals surface area contributed by atoms with Crippen LogP contribution in [0.4, 0.5) is 0 Å². The van der Waals surface area contributed by atoms with Gasteiger partial charge >= 0.3 is 0 Å². The monoisotopic (exact) mass is 199 g/mol. The first-order valence-electron chi connectivity index (χ1n) is 4.68. The first-order chi connectivity index (χ1) is 6.33. The Kier molecular flexibility index (Phi) is 2.56. The van der Waals surface area contributed by atoms with Crippen molar-refractivity contribution in [3.63, 3.8) is 0 Å². The molecule has 0 amide bonds. The van der Waals surface area contributed by atoms with E-state index in [1.807, 2.05) is 7.05 Å². The number of rotatable bonds is 2. The van der Waals surface area contributed by atoms with Crippen LogP contribution in [-0.2, 0) is 6.54 Å². The van der Waals surface area contributed by atoms with Crippen molar-refractivity contribution in [3.05, 3.63) is 17.2 Å². The van der Waals surface area contributed by atoms with Crippen molar-refractivity contribution in [3.8, 4) is 0 Å². The lowest BCUT2D eigenvalue weighted by atomic mass is 9.99. The highest BCUT2D eigenvalue weighted by Gasteiger charge is 2.22. The molecule has 13 heavy (non-hydrogen) atoms. The fourth-order valence-electron chi connectivity index (χ4n) is 1.98. The molecule has 0 radical (unpaired) electrons. The molecular weight excluding hydrogens is 186 g/mol. The van der Waals surface area contributed by atoms with Gasteiger partial charge in [-0.25, -0.2) is 4.98 Å². The lowest BCUT2D eigenvalue weighted by Gasteiger charge is -2.23. The molecule has 0 saturated carbocycles. The third-order valence-electron chi connectivity index (χ3n) is 2.59. The zero-order valence-electron chi connectivity index (χ0n) is 7.76. The van der Waals surface area contributed by atoms with Gasteiger partial charge in [-0.15, -0.1) is 0 Å². The summed E-state index contributed by atoms with van der Waals surface area (Å²) in [6.07, 6.45) is 4.18. The highest BCUT2D eigenvalue weighted by Crippen LogP contribution is 2.28. The molecule has 3 nitrogen and oxygen atoms in total. The van der Waals surface area contributed by atoms with E-state index >= 15 is 0 Å². The van der Waals surface area contributed by atoms with E-state index in [1.165, 1.54) is 12.8 Å². The number of fused-ring (bicyclic) bond motifs is 1. The van der Waals surface area contributed by atoms with Crippen LogP contribution < -0.4 is 5.32 Å². The van der Waals surface area contributed by atoms with Gasteiger partial charge in [0.1, 0.15) is 11.0 Å². The van der Waals surface area contributed by atoms with Gasteiger partial charge in [0.25, 0.3) is 0 Å². The highest BCUT2D eigenvalue weighted by molar-refractivity contribution is 6.29. The molecule has 0 fully saturated rings. The number of aromatic nitrogens is 2. The molecule has 0 aromatic carbocycles. The number of imidazole rings is 1. The standard InChI is InChI=1S/C9H14ClN3/c1-11-5-7-3-2-4-13-8(10)6-12-9(7)13/h6-7,11H,2-5H2,1H3. The normalized spacial score (nSPS) is 21.5. The van der Waals surface area contributed by atoms with Crippen LogP contribution in [0, 0.1) is 0 Å². The summed E-state index contributed by atoms with van der Waals surface area (Å²) in [5.41, 5.74) is 0. The summed E-state index contributed by atoms with van der Waals surface area (Å²) in [5, 5.41) is 3.97. The van der Waals surface area contributed by atoms with Crippen molar-refractivity contribution >= 4 is 11.6 Å². The molecule has 1 N–H and O–H groups in total. The fraction of sp³-hybridized carbons (Fsp3) is 0.667. The topological polar surface area (TPSA) is 29.9 Å². The van der Waals surface area contributed by atoms with E-state index in [-0.39, 0.29) is 0 Å². The Morgan fingerprint density at radius 3 is 3.38 bits per heavy atom. The van der Waals surface area contributed by atoms with Crippen molar-refractivity contribution < 1.29 is 0 Å². The number of halogens is 1. The van der Waals surface area contributed by atoms with Gasteiger partial charge in [0.2, 0.25) is 0 Å². The zero-order chi connectivity index (χ0) is 9.26. The summed E-state index contributed by atoms with van der Waals surface area (Å²) in [7, 11) is 1.98. The smallest absolute Gasteiger partial charge is 0.128 e. The third kappa shape index (κ3) is 1.58. The average Bonchev–Trinajstić information content (AvgIpc) is 2.50. The Morgan fingerprint density at radius 1 is 1.77 bits per heavy atom. The Balaban J connectivity index is 2.27. The minimum atomic E-state index is 0.534. The molecule has 1 aliphatic heterocycles. The molecule has 0 aliphatic carbocycles. The number of hydrogen-bond acceptors (Lipinski definition) is 2. The number of nitrogens with zero attached hydrogens (tertiary/aromatic N) is 2. The second kappa shape index (κ2) is 3.68. The van der Waals surface area contributed by atoms with E-state index in [0.29, 0.717) is 5.92 Å². The van der Waals surface area contributed by atoms with E-state index in [0.717, 1.165) is 24.1 Å². The van der Waals surface area contributed by atoms with Crippen LogP contribution in [0.15, 0.2) is 6.20 Å². The minimum Gasteiger partial charge on any atom is -0.319 e. The summed E-state index contributed by atoms with van der Waals surface area (Å²) in [6, 6.07) is 0. The molecule has 1 aromatic rings. The Labute approximate surface area is 83.1 Å². The maximum absolute atomic E-state index is 6.00. The minimum absolute atomic E-state index is 0.534. The van der Waals surface area contributed by atoms with Gasteiger partial charge in [-0.2, -0.15) is 0 Å². The van der Waals surface area contributed by atoms with Crippen LogP contribution in [0.1, 0.15) is 24.6 Å². The molecule has 0 saturated heterocycles. The first kappa shape index (κ1) is 9.03. The molecule has 1 aromatic heterocycles. The van der Waals surface area contributed by atoms with E-state index in [1.54, 1.807) is 6.20 Å². The summed E-state index contributed by atoms with van der Waals surface area (Å²) in [6.45, 7) is 2.02. The SMILES string of the molecule is CNCC1CCCn2c(Cl)cnc21. The molecular formula is C9H14ClN3. The molecule has 2 heterocycles. The van der Waals surface area contributed by atoms with Crippen LogP contribution in [0.2, 0.25) is 5.15 Å². The maximum Gasteiger partial charge on any atom is 0.128 e. The van der Waals surface area contributed by atoms with E-state index < -0.39 is 0 Å². The lowest BCUT2D eigenvalue weighted by Crippen LogP contribution is -2.24. The van der Waals surface area contributed by atoms with Crippen molar-refractivity contribution in [2.75, 3.05) is 13.6 Å². The Morgan fingerprint density at radius 2 is 2.62 bits per heavy atom. The van der Waals surface area contributed by atoms with Gasteiger partial charge in [0.05, 0.1) is 6.20 Å². The van der Waals surface area contributed by atoms with Crippen LogP contribution >= 0.6 is 11.6 Å². The fourth-order valence-corrected chi connectivity index (χ4v) is 2.20. The molecule has 0 bridgehead atoms. The van der Waals surface area contributed by atoms with Crippen LogP contribution in [0.5, 0.6) is 0 Å². The maximum atomic E-state index is 6.00. The van der Waals surface area contributed by atoms with E-state index in [2.05, 4.69) is 14.9 Å². The van der Waals surface area contributed by atoms with E-state index in [4.69, 9.17) is 11.6 Å². The van der Waals surface area contributed by atoms with Gasteiger partial charge in [-0.3, -0.25) is 0 Å². The average molecular weight is 200 g/mol. The van der Waals surface area contributed by atoms with Gasteiger partial charge in [0.15, 0.2) is 0 Å². The summed E-state index contributed by atoms with van der Waals surface area (Å²) in [4.78, 5) is 4.35. The Bertz CT molecular complexity index is 295. The molecule has 2 rings (SSSR count). The molecule has 72 valence electrons. The first-order valence-corrected chi connectivity index (χ1v) is 5.06. The van der Waals surface area contributed by atoms with Gasteiger partial charge in [0, 0.05) is 19.0 Å². The van der Waals surface area contributed by atoms with Crippen molar-refractivity contribution in [2.45, 2.75) is 25.3 Å². The quantitative estimate of drug-likeness (QED) is 0.785. The summed E-state index contributed by atoms with van der Waals surface area (Å²) >= 11 is 6.00. The number of likely N-dealkylation sites (N-methyl/N-ethyl adjacent to an activating group) is 1. The van der Waals surface area contributed by atoms with Crippen LogP contribution in [0.25, 0.3) is 0 Å². The van der Waals surface area contributed by atoms with Gasteiger partial charge in [-0.1, -0.05) is 11.6 Å². The number of nitrogens with one attached hydrogen (secondary N) is 1. The molecule has 0 spiro atoms.